The molecule has 1 aliphatic heterocycles. The molecule has 3 rings (SSSR count). The van der Waals surface area contributed by atoms with Crippen LogP contribution in [-0.4, -0.2) is 49.2 Å². The van der Waals surface area contributed by atoms with E-state index in [1.165, 1.54) is 10.8 Å². The minimum absolute atomic E-state index is 0.00166. The van der Waals surface area contributed by atoms with E-state index in [1.54, 1.807) is 0 Å². The topological polar surface area (TPSA) is 131 Å². The van der Waals surface area contributed by atoms with Gasteiger partial charge in [-0.2, -0.15) is 18.2 Å². The van der Waals surface area contributed by atoms with Gasteiger partial charge in [-0.1, -0.05) is 6.92 Å². The number of anilines is 1. The first-order valence-electron chi connectivity index (χ1n) is 8.71. The molecule has 3 atom stereocenters. The number of alkyl halides is 3. The number of ether oxygens (including phenoxy) is 2. The van der Waals surface area contributed by atoms with E-state index in [2.05, 4.69) is 9.97 Å². The molecule has 2 N–H and O–H groups in total. The molecule has 1 aliphatic rings. The van der Waals surface area contributed by atoms with Gasteiger partial charge >= 0.3 is 17.8 Å². The number of carbonyl (C=O) groups excluding carboxylic acids is 2. The summed E-state index contributed by atoms with van der Waals surface area (Å²) in [7, 11) is 0. The number of nitrogens with zero attached hydrogens (tertiary/aromatic N) is 4. The first-order chi connectivity index (χ1) is 13.5. The van der Waals surface area contributed by atoms with Gasteiger partial charge in [-0.25, -0.2) is 14.3 Å². The van der Waals surface area contributed by atoms with Crippen LogP contribution in [-0.2, 0) is 25.6 Å². The Labute approximate surface area is 161 Å². The molecule has 0 amide bonds. The Morgan fingerprint density at radius 1 is 1.41 bits per heavy atom. The van der Waals surface area contributed by atoms with Crippen molar-refractivity contribution in [2.45, 2.75) is 57.8 Å². The summed E-state index contributed by atoms with van der Waals surface area (Å²) in [6.07, 6.45) is -8.56. The van der Waals surface area contributed by atoms with Crippen LogP contribution in [0.15, 0.2) is 11.0 Å². The third-order valence-corrected chi connectivity index (χ3v) is 4.38. The Morgan fingerprint density at radius 2 is 2.10 bits per heavy atom. The number of nitrogens with two attached hydrogens (primary N) is 1. The fraction of sp³-hybridized carbons (Fsp3) is 0.562. The number of aryl methyl sites for hydroxylation is 1. The molecule has 0 bridgehead atoms. The third-order valence-electron chi connectivity index (χ3n) is 4.38. The highest BCUT2D eigenvalue weighted by atomic mass is 19.4. The molecule has 0 aromatic carbocycles. The Morgan fingerprint density at radius 3 is 2.69 bits per heavy atom. The number of hydrogen-bond donors (Lipinski definition) is 1. The van der Waals surface area contributed by atoms with E-state index < -0.39 is 48.5 Å². The molecule has 1 saturated heterocycles. The fourth-order valence-electron chi connectivity index (χ4n) is 3.28. The summed E-state index contributed by atoms with van der Waals surface area (Å²) in [5.41, 5.74) is 5.21. The van der Waals surface area contributed by atoms with Crippen LogP contribution in [0.2, 0.25) is 0 Å². The molecule has 1 fully saturated rings. The molecule has 3 heterocycles. The van der Waals surface area contributed by atoms with Gasteiger partial charge in [0, 0.05) is 19.9 Å². The maximum atomic E-state index is 13.0. The van der Waals surface area contributed by atoms with Crippen LogP contribution < -0.4 is 11.4 Å². The first-order valence-corrected chi connectivity index (χ1v) is 8.71. The van der Waals surface area contributed by atoms with E-state index in [1.807, 2.05) is 6.92 Å². The van der Waals surface area contributed by atoms with Crippen LogP contribution in [0.25, 0.3) is 11.2 Å². The summed E-state index contributed by atoms with van der Waals surface area (Å²) >= 11 is 0. The van der Waals surface area contributed by atoms with Gasteiger partial charge in [0.1, 0.15) is 17.7 Å². The third kappa shape index (κ3) is 3.81. The van der Waals surface area contributed by atoms with Gasteiger partial charge in [0.15, 0.2) is 11.9 Å². The molecule has 158 valence electrons. The predicted octanol–water partition coefficient (Wildman–Crippen LogP) is 0.936. The summed E-state index contributed by atoms with van der Waals surface area (Å²) in [5.74, 6) is -3.11. The number of rotatable bonds is 5. The fourth-order valence-corrected chi connectivity index (χ4v) is 3.28. The van der Waals surface area contributed by atoms with Crippen LogP contribution in [0.3, 0.4) is 0 Å². The maximum absolute atomic E-state index is 13.0. The van der Waals surface area contributed by atoms with Crippen LogP contribution >= 0.6 is 0 Å². The van der Waals surface area contributed by atoms with Crippen molar-refractivity contribution >= 4 is 28.9 Å². The lowest BCUT2D eigenvalue weighted by Gasteiger charge is -2.19. The van der Waals surface area contributed by atoms with Crippen molar-refractivity contribution in [1.29, 1.82) is 0 Å². The van der Waals surface area contributed by atoms with Crippen LogP contribution in [0.4, 0.5) is 19.1 Å². The van der Waals surface area contributed by atoms with Gasteiger partial charge in [-0.15, -0.1) is 0 Å². The summed E-state index contributed by atoms with van der Waals surface area (Å²) in [4.78, 5) is 43.9. The summed E-state index contributed by atoms with van der Waals surface area (Å²) < 4.78 is 51.2. The molecule has 0 spiro atoms. The second-order valence-corrected chi connectivity index (χ2v) is 6.50. The number of aromatic nitrogens is 4. The highest BCUT2D eigenvalue weighted by Crippen LogP contribution is 2.36. The number of esters is 1. The van der Waals surface area contributed by atoms with E-state index in [4.69, 9.17) is 15.2 Å². The maximum Gasteiger partial charge on any atom is 0.452 e. The van der Waals surface area contributed by atoms with Gasteiger partial charge in [-0.3, -0.25) is 14.2 Å². The lowest BCUT2D eigenvalue weighted by molar-refractivity contribution is -0.183. The first kappa shape index (κ1) is 20.8. The molecule has 13 heteroatoms. The van der Waals surface area contributed by atoms with Gasteiger partial charge < -0.3 is 15.2 Å². The molecule has 0 unspecified atom stereocenters. The van der Waals surface area contributed by atoms with Crippen molar-refractivity contribution in [2.24, 2.45) is 0 Å². The van der Waals surface area contributed by atoms with E-state index in [0.717, 1.165) is 11.5 Å². The molecule has 0 saturated carbocycles. The standard InChI is InChI=1S/C16H18F3N5O5/c1-3-4-23-8-6-21-14(20)22-12(8)24(15(23)27)13-10(28-7(2)25)5-9(29-13)11(26)16(17,18)19/h6,9-10,13H,3-5H2,1-2H3,(H2,20,21,22)/t9-,10+,13+/m0/s1. The average Bonchev–Trinajstić information content (AvgIpc) is 3.12. The Balaban J connectivity index is 2.13. The summed E-state index contributed by atoms with van der Waals surface area (Å²) in [6.45, 7) is 3.14. The van der Waals surface area contributed by atoms with E-state index in [-0.39, 0.29) is 23.7 Å². The van der Waals surface area contributed by atoms with Crippen molar-refractivity contribution in [3.05, 3.63) is 16.7 Å². The molecular formula is C16H18F3N5O5. The molecule has 2 aromatic rings. The minimum atomic E-state index is -5.14. The number of hydrogen-bond acceptors (Lipinski definition) is 8. The Hall–Kier alpha value is -2.96. The van der Waals surface area contributed by atoms with Crippen molar-refractivity contribution < 1.29 is 32.2 Å². The number of nitrogen functional groups attached to an aromatic ring is 1. The van der Waals surface area contributed by atoms with Gasteiger partial charge in [0.25, 0.3) is 5.78 Å². The zero-order valence-electron chi connectivity index (χ0n) is 15.5. The molecule has 0 radical (unpaired) electrons. The second-order valence-electron chi connectivity index (χ2n) is 6.50. The van der Waals surface area contributed by atoms with E-state index in [0.29, 0.717) is 6.42 Å². The average molecular weight is 417 g/mol. The zero-order chi connectivity index (χ0) is 21.5. The predicted molar refractivity (Wildman–Crippen MR) is 91.6 cm³/mol. The van der Waals surface area contributed by atoms with Crippen LogP contribution in [0, 0.1) is 0 Å². The lowest BCUT2D eigenvalue weighted by Crippen LogP contribution is -2.35. The van der Waals surface area contributed by atoms with E-state index >= 15 is 0 Å². The molecule has 10 nitrogen and oxygen atoms in total. The minimum Gasteiger partial charge on any atom is -0.458 e. The lowest BCUT2D eigenvalue weighted by atomic mass is 10.1. The van der Waals surface area contributed by atoms with Crippen molar-refractivity contribution in [3.8, 4) is 0 Å². The quantitative estimate of drug-likeness (QED) is 0.711. The number of fused-ring (bicyclic) bond motifs is 1. The largest absolute Gasteiger partial charge is 0.458 e. The zero-order valence-corrected chi connectivity index (χ0v) is 15.5. The number of carbonyl (C=O) groups is 2. The molecular weight excluding hydrogens is 399 g/mol. The summed E-state index contributed by atoms with van der Waals surface area (Å²) in [5, 5.41) is 0. The van der Waals surface area contributed by atoms with Gasteiger partial charge in [0.2, 0.25) is 5.95 Å². The number of imidazole rings is 1. The molecule has 2 aromatic heterocycles. The van der Waals surface area contributed by atoms with Crippen LogP contribution in [0.5, 0.6) is 0 Å². The molecule has 0 aliphatic carbocycles. The normalized spacial score (nSPS) is 22.2. The van der Waals surface area contributed by atoms with Crippen LogP contribution in [0.1, 0.15) is 32.9 Å². The van der Waals surface area contributed by atoms with Crippen molar-refractivity contribution in [3.63, 3.8) is 0 Å². The summed E-state index contributed by atoms with van der Waals surface area (Å²) in [6, 6.07) is 0. The highest BCUT2D eigenvalue weighted by Gasteiger charge is 2.51. The second kappa shape index (κ2) is 7.46. The number of halogens is 3. The van der Waals surface area contributed by atoms with Gasteiger partial charge in [-0.05, 0) is 6.42 Å². The Kier molecular flexibility index (Phi) is 5.34. The van der Waals surface area contributed by atoms with Gasteiger partial charge in [0.05, 0.1) is 6.20 Å². The smallest absolute Gasteiger partial charge is 0.452 e. The SMILES string of the molecule is CCCn1c(=O)n([C@@H]2O[C@H](C(=O)C(F)(F)F)C[C@H]2OC(C)=O)c2nc(N)ncc21. The van der Waals surface area contributed by atoms with Crippen molar-refractivity contribution in [1.82, 2.24) is 19.1 Å². The number of Topliss-reactive ketones (excluding diaryl/α,β-unsaturated/α-hetero) is 1. The highest BCUT2D eigenvalue weighted by molar-refractivity contribution is 5.88. The molecule has 29 heavy (non-hydrogen) atoms. The van der Waals surface area contributed by atoms with E-state index in [9.17, 15) is 27.6 Å². The van der Waals surface area contributed by atoms with Crippen molar-refractivity contribution in [2.75, 3.05) is 5.73 Å². The monoisotopic (exact) mass is 417 g/mol. The number of ketones is 1. The Bertz CT molecular complexity index is 1010.